The van der Waals surface area contributed by atoms with Crippen molar-refractivity contribution in [3.63, 3.8) is 0 Å². The Morgan fingerprint density at radius 2 is 2.17 bits per heavy atom. The van der Waals surface area contributed by atoms with Crippen LogP contribution in [0, 0.1) is 5.92 Å². The Bertz CT molecular complexity index is 852. The Morgan fingerprint density at radius 1 is 1.40 bits per heavy atom. The molecule has 5 atom stereocenters. The number of aliphatic hydroxyl groups is 1. The Hall–Kier alpha value is -1.78. The highest BCUT2D eigenvalue weighted by atomic mass is 28.4. The van der Waals surface area contributed by atoms with Gasteiger partial charge in [-0.25, -0.2) is 0 Å². The van der Waals surface area contributed by atoms with Gasteiger partial charge in [-0.1, -0.05) is 6.92 Å². The molecule has 1 spiro atoms. The molecule has 4 rings (SSSR count). The van der Waals surface area contributed by atoms with E-state index >= 15 is 0 Å². The summed E-state index contributed by atoms with van der Waals surface area (Å²) in [6, 6.07) is 5.16. The molecule has 1 aromatic rings. The van der Waals surface area contributed by atoms with E-state index in [4.69, 9.17) is 4.74 Å². The summed E-state index contributed by atoms with van der Waals surface area (Å²) in [6.45, 7) is 6.40. The number of ether oxygens (including phenoxy) is 1. The number of rotatable bonds is 5. The summed E-state index contributed by atoms with van der Waals surface area (Å²) < 4.78 is 6.38. The van der Waals surface area contributed by atoms with E-state index in [1.54, 1.807) is 18.2 Å². The van der Waals surface area contributed by atoms with Crippen molar-refractivity contribution in [2.45, 2.75) is 62.6 Å². The summed E-state index contributed by atoms with van der Waals surface area (Å²) in [7, 11) is -2.68. The van der Waals surface area contributed by atoms with Crippen LogP contribution in [-0.4, -0.2) is 55.3 Å². The highest BCUT2D eigenvalue weighted by molar-refractivity contribution is 6.71. The molecule has 8 nitrogen and oxygen atoms in total. The van der Waals surface area contributed by atoms with E-state index in [-0.39, 0.29) is 35.9 Å². The van der Waals surface area contributed by atoms with Crippen molar-refractivity contribution in [2.24, 2.45) is 5.92 Å². The van der Waals surface area contributed by atoms with Crippen LogP contribution in [0.5, 0.6) is 0 Å². The minimum Gasteiger partial charge on any atom is -0.432 e. The Balaban J connectivity index is 1.69. The van der Waals surface area contributed by atoms with E-state index in [1.165, 1.54) is 0 Å². The molecule has 0 unspecified atom stereocenters. The molecule has 164 valence electrons. The zero-order valence-electron chi connectivity index (χ0n) is 17.7. The maximum atomic E-state index is 13.2. The van der Waals surface area contributed by atoms with Crippen LogP contribution in [-0.2, 0) is 19.9 Å². The zero-order valence-corrected chi connectivity index (χ0v) is 18.7. The van der Waals surface area contributed by atoms with Crippen LogP contribution in [0.2, 0.25) is 18.6 Å². The number of nitrogens with one attached hydrogen (secondary N) is 3. The molecule has 2 fully saturated rings. The van der Waals surface area contributed by atoms with E-state index in [1.807, 2.05) is 20.0 Å². The smallest absolute Gasteiger partial charge is 0.261 e. The Labute approximate surface area is 177 Å². The number of carbonyl (C=O) groups excluding carboxylic acids is 2. The fourth-order valence-electron chi connectivity index (χ4n) is 5.51. The van der Waals surface area contributed by atoms with Gasteiger partial charge in [0.1, 0.15) is 0 Å². The third kappa shape index (κ3) is 3.38. The lowest BCUT2D eigenvalue weighted by molar-refractivity contribution is -0.143. The number of carbonyl (C=O) groups is 2. The van der Waals surface area contributed by atoms with Gasteiger partial charge >= 0.3 is 0 Å². The summed E-state index contributed by atoms with van der Waals surface area (Å²) >= 11 is 0. The lowest BCUT2D eigenvalue weighted by Gasteiger charge is -2.32. The summed E-state index contributed by atoms with van der Waals surface area (Å²) in [4.78, 5) is 36.6. The number of aliphatic hydroxyl groups excluding tert-OH is 1. The molecule has 0 radical (unpaired) electrons. The second-order valence-corrected chi connectivity index (χ2v) is 13.2. The van der Waals surface area contributed by atoms with Crippen molar-refractivity contribution in [2.75, 3.05) is 23.8 Å². The molecular weight excluding hydrogens is 402 g/mol. The normalized spacial score (nSPS) is 33.0. The first kappa shape index (κ1) is 21.4. The topological polar surface area (TPSA) is 120 Å². The van der Waals surface area contributed by atoms with Gasteiger partial charge in [-0.15, -0.1) is 0 Å². The lowest BCUT2D eigenvalue weighted by Crippen LogP contribution is -2.43. The highest BCUT2D eigenvalue weighted by Crippen LogP contribution is 2.58. The molecule has 0 aromatic heterocycles. The minimum atomic E-state index is -2.68. The van der Waals surface area contributed by atoms with Crippen molar-refractivity contribution in [1.82, 2.24) is 5.32 Å². The molecule has 3 heterocycles. The van der Waals surface area contributed by atoms with Crippen molar-refractivity contribution in [1.29, 1.82) is 0 Å². The molecule has 3 aliphatic heterocycles. The summed E-state index contributed by atoms with van der Waals surface area (Å²) in [5.74, 6) is -0.613. The van der Waals surface area contributed by atoms with E-state index < -0.39 is 20.0 Å². The minimum absolute atomic E-state index is 0.0760. The molecule has 0 aliphatic carbocycles. The third-order valence-electron chi connectivity index (χ3n) is 6.80. The van der Waals surface area contributed by atoms with Crippen molar-refractivity contribution in [3.05, 3.63) is 23.8 Å². The largest absolute Gasteiger partial charge is 0.432 e. The first-order valence-corrected chi connectivity index (χ1v) is 13.7. The van der Waals surface area contributed by atoms with Crippen LogP contribution in [0.4, 0.5) is 11.4 Å². The number of amides is 2. The van der Waals surface area contributed by atoms with Crippen LogP contribution in [0.25, 0.3) is 0 Å². The van der Waals surface area contributed by atoms with E-state index in [0.717, 1.165) is 19.4 Å². The van der Waals surface area contributed by atoms with Gasteiger partial charge in [0.2, 0.25) is 5.91 Å². The maximum Gasteiger partial charge on any atom is 0.261 e. The zero-order chi connectivity index (χ0) is 21.7. The van der Waals surface area contributed by atoms with Crippen LogP contribution in [0.15, 0.2) is 18.2 Å². The first-order valence-electron chi connectivity index (χ1n) is 10.7. The van der Waals surface area contributed by atoms with Crippen molar-refractivity contribution in [3.8, 4) is 0 Å². The van der Waals surface area contributed by atoms with Gasteiger partial charge in [-0.2, -0.15) is 0 Å². The molecule has 30 heavy (non-hydrogen) atoms. The SMILES string of the molecule is C[C@H]1[C@H]([Si](C)(C)O)[C@@H](CCO)O[C@]12C(=O)Nc1ccc(NC(=O)[C@H]3CCCN3)cc12. The second kappa shape index (κ2) is 7.72. The van der Waals surface area contributed by atoms with Gasteiger partial charge in [0.15, 0.2) is 13.9 Å². The first-order chi connectivity index (χ1) is 14.2. The highest BCUT2D eigenvalue weighted by Gasteiger charge is 2.64. The summed E-state index contributed by atoms with van der Waals surface area (Å²) in [6.07, 6.45) is 1.74. The maximum absolute atomic E-state index is 13.2. The fourth-order valence-corrected chi connectivity index (χ4v) is 8.11. The number of benzene rings is 1. The van der Waals surface area contributed by atoms with Crippen LogP contribution >= 0.6 is 0 Å². The molecule has 3 aliphatic rings. The fraction of sp³-hybridized carbons (Fsp3) is 0.619. The Morgan fingerprint density at radius 3 is 2.80 bits per heavy atom. The van der Waals surface area contributed by atoms with E-state index in [0.29, 0.717) is 23.4 Å². The second-order valence-electron chi connectivity index (χ2n) is 9.23. The standard InChI is InChI=1S/C21H31N3O5Si/c1-12-18(30(2,3)28)17(8-10-25)29-21(12)14-11-13(6-7-15(14)24-20(21)27)23-19(26)16-5-4-9-22-16/h6-7,11-12,16-18,22,25,28H,4-5,8-10H2,1-3H3,(H,23,26)(H,24,27)/t12-,16+,17+,18-,21+/m0/s1. The lowest BCUT2D eigenvalue weighted by atomic mass is 9.82. The van der Waals surface area contributed by atoms with E-state index in [2.05, 4.69) is 16.0 Å². The van der Waals surface area contributed by atoms with Crippen molar-refractivity contribution < 1.29 is 24.2 Å². The van der Waals surface area contributed by atoms with Gasteiger partial charge in [0.25, 0.3) is 5.91 Å². The average Bonchev–Trinajstić information content (AvgIpc) is 3.35. The number of hydrogen-bond acceptors (Lipinski definition) is 6. The number of hydrogen-bond donors (Lipinski definition) is 5. The van der Waals surface area contributed by atoms with Gasteiger partial charge < -0.3 is 30.6 Å². The summed E-state index contributed by atoms with van der Waals surface area (Å²) in [5.41, 5.74) is 0.508. The van der Waals surface area contributed by atoms with E-state index in [9.17, 15) is 19.5 Å². The number of fused-ring (bicyclic) bond motifs is 2. The third-order valence-corrected chi connectivity index (χ3v) is 9.30. The quantitative estimate of drug-likeness (QED) is 0.449. The van der Waals surface area contributed by atoms with Gasteiger partial charge in [-0.3, -0.25) is 9.59 Å². The van der Waals surface area contributed by atoms with Crippen LogP contribution in [0.3, 0.4) is 0 Å². The Kier molecular flexibility index (Phi) is 5.52. The molecule has 0 bridgehead atoms. The summed E-state index contributed by atoms with van der Waals surface area (Å²) in [5, 5.41) is 18.6. The molecule has 5 N–H and O–H groups in total. The molecule has 1 aromatic carbocycles. The predicted octanol–water partition coefficient (Wildman–Crippen LogP) is 1.51. The molecule has 0 saturated carbocycles. The monoisotopic (exact) mass is 433 g/mol. The van der Waals surface area contributed by atoms with Crippen LogP contribution in [0.1, 0.15) is 31.7 Å². The number of anilines is 2. The molecular formula is C21H31N3O5Si. The van der Waals surface area contributed by atoms with Crippen LogP contribution < -0.4 is 16.0 Å². The average molecular weight is 434 g/mol. The molecule has 2 amide bonds. The molecule has 9 heteroatoms. The predicted molar refractivity (Wildman–Crippen MR) is 116 cm³/mol. The van der Waals surface area contributed by atoms with Gasteiger partial charge in [-0.05, 0) is 57.1 Å². The molecule has 2 saturated heterocycles. The van der Waals surface area contributed by atoms with Gasteiger partial charge in [0.05, 0.1) is 12.1 Å². The van der Waals surface area contributed by atoms with Gasteiger partial charge in [0, 0.05) is 35.0 Å². The van der Waals surface area contributed by atoms with Crippen molar-refractivity contribution >= 4 is 31.5 Å².